The third-order valence-electron chi connectivity index (χ3n) is 3.21. The second-order valence-electron chi connectivity index (χ2n) is 4.66. The van der Waals surface area contributed by atoms with E-state index in [2.05, 4.69) is 5.32 Å². The van der Waals surface area contributed by atoms with Crippen LogP contribution in [0.2, 0.25) is 5.02 Å². The van der Waals surface area contributed by atoms with E-state index >= 15 is 0 Å². The van der Waals surface area contributed by atoms with E-state index in [1.54, 1.807) is 25.2 Å². The first kappa shape index (κ1) is 15.1. The Kier molecular flexibility index (Phi) is 4.65. The zero-order valence-corrected chi connectivity index (χ0v) is 12.6. The number of rotatable bonds is 5. The smallest absolute Gasteiger partial charge is 0.315 e. The van der Waals surface area contributed by atoms with Gasteiger partial charge in [-0.15, -0.1) is 0 Å². The van der Waals surface area contributed by atoms with E-state index in [1.807, 2.05) is 36.2 Å². The normalized spacial score (nSPS) is 10.2. The minimum Gasteiger partial charge on any atom is -0.382 e. The predicted octanol–water partition coefficient (Wildman–Crippen LogP) is 3.93. The minimum atomic E-state index is -0.362. The number of benzene rings is 2. The maximum absolute atomic E-state index is 11.3. The van der Waals surface area contributed by atoms with Crippen LogP contribution in [-0.4, -0.2) is 19.0 Å². The van der Waals surface area contributed by atoms with Crippen molar-refractivity contribution in [1.29, 1.82) is 0 Å². The van der Waals surface area contributed by atoms with Crippen LogP contribution >= 0.6 is 11.6 Å². The summed E-state index contributed by atoms with van der Waals surface area (Å²) >= 11 is 5.86. The van der Waals surface area contributed by atoms with Crippen LogP contribution in [0.25, 0.3) is 0 Å². The molecule has 0 amide bonds. The average Bonchev–Trinajstić information content (AvgIpc) is 2.48. The number of nitro benzene ring substituents is 1. The fourth-order valence-electron chi connectivity index (χ4n) is 2.18. The summed E-state index contributed by atoms with van der Waals surface area (Å²) in [7, 11) is 3.50. The number of hydrogen-bond donors (Lipinski definition) is 1. The summed E-state index contributed by atoms with van der Waals surface area (Å²) in [6.45, 7) is 0.561. The fourth-order valence-corrected chi connectivity index (χ4v) is 2.31. The molecule has 2 aromatic carbocycles. The summed E-state index contributed by atoms with van der Waals surface area (Å²) in [6, 6.07) is 12.7. The highest BCUT2D eigenvalue weighted by Crippen LogP contribution is 2.35. The van der Waals surface area contributed by atoms with Crippen molar-refractivity contribution in [3.63, 3.8) is 0 Å². The van der Waals surface area contributed by atoms with Gasteiger partial charge in [-0.25, -0.2) is 0 Å². The molecule has 0 unspecified atom stereocenters. The number of nitrogens with one attached hydrogen (secondary N) is 1. The van der Waals surface area contributed by atoms with Crippen LogP contribution < -0.4 is 10.2 Å². The van der Waals surface area contributed by atoms with Crippen LogP contribution in [0, 0.1) is 10.1 Å². The molecule has 0 aliphatic heterocycles. The lowest BCUT2D eigenvalue weighted by Gasteiger charge is -2.20. The van der Waals surface area contributed by atoms with Gasteiger partial charge in [0.2, 0.25) is 0 Å². The molecule has 110 valence electrons. The molecule has 0 bridgehead atoms. The van der Waals surface area contributed by atoms with E-state index < -0.39 is 0 Å². The van der Waals surface area contributed by atoms with E-state index in [9.17, 15) is 10.1 Å². The van der Waals surface area contributed by atoms with E-state index in [-0.39, 0.29) is 10.6 Å². The Hall–Kier alpha value is -2.27. The predicted molar refractivity (Wildman–Crippen MR) is 86.2 cm³/mol. The highest BCUT2D eigenvalue weighted by atomic mass is 35.5. The molecule has 0 heterocycles. The largest absolute Gasteiger partial charge is 0.382 e. The maximum Gasteiger partial charge on any atom is 0.315 e. The highest BCUT2D eigenvalue weighted by Gasteiger charge is 2.21. The van der Waals surface area contributed by atoms with Crippen molar-refractivity contribution in [2.24, 2.45) is 0 Å². The number of nitrogens with zero attached hydrogens (tertiary/aromatic N) is 2. The molecule has 0 spiro atoms. The molecule has 6 heteroatoms. The van der Waals surface area contributed by atoms with Crippen LogP contribution in [-0.2, 0) is 6.54 Å². The van der Waals surface area contributed by atoms with E-state index in [4.69, 9.17) is 11.6 Å². The van der Waals surface area contributed by atoms with Gasteiger partial charge in [-0.2, -0.15) is 0 Å². The Balaban J connectivity index is 2.32. The van der Waals surface area contributed by atoms with E-state index in [0.29, 0.717) is 22.9 Å². The lowest BCUT2D eigenvalue weighted by atomic mass is 10.1. The number of anilines is 2. The Bertz CT molecular complexity index is 644. The van der Waals surface area contributed by atoms with Crippen LogP contribution in [0.5, 0.6) is 0 Å². The van der Waals surface area contributed by atoms with Crippen molar-refractivity contribution in [2.75, 3.05) is 24.3 Å². The molecule has 2 rings (SSSR count). The number of halogens is 1. The third-order valence-corrected chi connectivity index (χ3v) is 3.46. The number of para-hydroxylation sites is 1. The number of hydrogen-bond acceptors (Lipinski definition) is 4. The Morgan fingerprint density at radius 1 is 1.24 bits per heavy atom. The molecule has 2 aromatic rings. The Morgan fingerprint density at radius 3 is 2.48 bits per heavy atom. The Morgan fingerprint density at radius 2 is 1.90 bits per heavy atom. The van der Waals surface area contributed by atoms with Gasteiger partial charge in [0.1, 0.15) is 11.4 Å². The summed E-state index contributed by atoms with van der Waals surface area (Å²) in [4.78, 5) is 12.8. The summed E-state index contributed by atoms with van der Waals surface area (Å²) in [6.07, 6.45) is 0. The van der Waals surface area contributed by atoms with Gasteiger partial charge >= 0.3 is 5.69 Å². The van der Waals surface area contributed by atoms with Crippen LogP contribution in [0.15, 0.2) is 42.5 Å². The SMILES string of the molecule is CNc1cccc(N(C)Cc2ccc(Cl)cc2)c1[N+](=O)[O-]. The van der Waals surface area contributed by atoms with Gasteiger partial charge in [0.25, 0.3) is 0 Å². The van der Waals surface area contributed by atoms with Crippen molar-refractivity contribution in [2.45, 2.75) is 6.54 Å². The third kappa shape index (κ3) is 3.44. The first-order valence-corrected chi connectivity index (χ1v) is 6.81. The Labute approximate surface area is 128 Å². The first-order valence-electron chi connectivity index (χ1n) is 6.43. The van der Waals surface area contributed by atoms with Gasteiger partial charge in [0.15, 0.2) is 0 Å². The second kappa shape index (κ2) is 6.45. The van der Waals surface area contributed by atoms with Crippen LogP contribution in [0.1, 0.15) is 5.56 Å². The average molecular weight is 306 g/mol. The van der Waals surface area contributed by atoms with Gasteiger partial charge in [-0.05, 0) is 29.8 Å². The molecule has 0 saturated carbocycles. The fraction of sp³-hybridized carbons (Fsp3) is 0.200. The summed E-state index contributed by atoms with van der Waals surface area (Å²) in [5.74, 6) is 0. The molecule has 0 aromatic heterocycles. The molecule has 0 aliphatic rings. The molecule has 1 N–H and O–H groups in total. The van der Waals surface area contributed by atoms with Gasteiger partial charge in [0.05, 0.1) is 4.92 Å². The molecule has 0 fully saturated rings. The lowest BCUT2D eigenvalue weighted by molar-refractivity contribution is -0.383. The van der Waals surface area contributed by atoms with Gasteiger partial charge in [0, 0.05) is 25.7 Å². The summed E-state index contributed by atoms with van der Waals surface area (Å²) in [5, 5.41) is 14.9. The van der Waals surface area contributed by atoms with Crippen molar-refractivity contribution >= 4 is 28.7 Å². The van der Waals surface area contributed by atoms with Crippen molar-refractivity contribution in [3.8, 4) is 0 Å². The van der Waals surface area contributed by atoms with Crippen molar-refractivity contribution in [1.82, 2.24) is 0 Å². The quantitative estimate of drug-likeness (QED) is 0.672. The number of nitro groups is 1. The van der Waals surface area contributed by atoms with Crippen LogP contribution in [0.4, 0.5) is 17.1 Å². The monoisotopic (exact) mass is 305 g/mol. The van der Waals surface area contributed by atoms with Gasteiger partial charge in [-0.1, -0.05) is 29.8 Å². The zero-order chi connectivity index (χ0) is 15.4. The standard InChI is InChI=1S/C15H16ClN3O2/c1-17-13-4-3-5-14(15(13)19(20)21)18(2)10-11-6-8-12(16)9-7-11/h3-9,17H,10H2,1-2H3. The molecule has 0 atom stereocenters. The molecule has 21 heavy (non-hydrogen) atoms. The molecular weight excluding hydrogens is 290 g/mol. The van der Waals surface area contributed by atoms with Crippen molar-refractivity contribution in [3.05, 3.63) is 63.2 Å². The molecule has 5 nitrogen and oxygen atoms in total. The van der Waals surface area contributed by atoms with Crippen LogP contribution in [0.3, 0.4) is 0 Å². The molecular formula is C15H16ClN3O2. The van der Waals surface area contributed by atoms with Gasteiger partial charge < -0.3 is 10.2 Å². The van der Waals surface area contributed by atoms with E-state index in [1.165, 1.54) is 0 Å². The van der Waals surface area contributed by atoms with E-state index in [0.717, 1.165) is 5.56 Å². The zero-order valence-electron chi connectivity index (χ0n) is 11.8. The minimum absolute atomic E-state index is 0.0801. The maximum atomic E-state index is 11.3. The highest BCUT2D eigenvalue weighted by molar-refractivity contribution is 6.30. The summed E-state index contributed by atoms with van der Waals surface area (Å²) in [5.41, 5.74) is 2.18. The van der Waals surface area contributed by atoms with Gasteiger partial charge in [-0.3, -0.25) is 10.1 Å². The molecule has 0 saturated heterocycles. The topological polar surface area (TPSA) is 58.4 Å². The molecule has 0 radical (unpaired) electrons. The van der Waals surface area contributed by atoms with Crippen molar-refractivity contribution < 1.29 is 4.92 Å². The second-order valence-corrected chi connectivity index (χ2v) is 5.10. The summed E-state index contributed by atoms with van der Waals surface area (Å²) < 4.78 is 0. The lowest BCUT2D eigenvalue weighted by Crippen LogP contribution is -2.18. The molecule has 0 aliphatic carbocycles. The first-order chi connectivity index (χ1) is 10.0.